The lowest BCUT2D eigenvalue weighted by atomic mass is 10.1. The van der Waals surface area contributed by atoms with E-state index in [1.807, 2.05) is 0 Å². The molecule has 3 N–H and O–H groups in total. The number of phenolic OH excluding ortho intramolecular Hbond substituents is 2. The summed E-state index contributed by atoms with van der Waals surface area (Å²) >= 11 is 0. The van der Waals surface area contributed by atoms with E-state index in [0.717, 1.165) is 0 Å². The van der Waals surface area contributed by atoms with Gasteiger partial charge in [0.05, 0.1) is 0 Å². The molecule has 0 radical (unpaired) electrons. The Bertz CT molecular complexity index is 473. The molecule has 0 atom stereocenters. The third kappa shape index (κ3) is 2.30. The standard InChI is InChI=1S/C11H12N2O4/c14-8-2-1-7(5-9(8)15)6-13-4-3-12-10(16)11(13)17/h1-2,5,14-15H,3-4,6H2,(H,12,16). The summed E-state index contributed by atoms with van der Waals surface area (Å²) in [7, 11) is 0. The van der Waals surface area contributed by atoms with Gasteiger partial charge >= 0.3 is 11.8 Å². The Morgan fingerprint density at radius 3 is 2.71 bits per heavy atom. The summed E-state index contributed by atoms with van der Waals surface area (Å²) in [6, 6.07) is 4.31. The summed E-state index contributed by atoms with van der Waals surface area (Å²) in [4.78, 5) is 24.0. The number of aromatic hydroxyl groups is 2. The van der Waals surface area contributed by atoms with E-state index in [9.17, 15) is 14.7 Å². The van der Waals surface area contributed by atoms with Crippen LogP contribution in [0.2, 0.25) is 0 Å². The van der Waals surface area contributed by atoms with Crippen LogP contribution in [0.5, 0.6) is 11.5 Å². The topological polar surface area (TPSA) is 89.9 Å². The zero-order chi connectivity index (χ0) is 12.4. The molecule has 17 heavy (non-hydrogen) atoms. The number of piperazine rings is 1. The number of carbonyl (C=O) groups is 2. The quantitative estimate of drug-likeness (QED) is 0.479. The molecule has 2 amide bonds. The molecule has 1 saturated heterocycles. The minimum atomic E-state index is -0.612. The number of amides is 2. The highest BCUT2D eigenvalue weighted by Crippen LogP contribution is 2.25. The minimum Gasteiger partial charge on any atom is -0.504 e. The van der Waals surface area contributed by atoms with Crippen molar-refractivity contribution in [3.05, 3.63) is 23.8 Å². The molecule has 1 aliphatic heterocycles. The summed E-state index contributed by atoms with van der Waals surface area (Å²) in [5.74, 6) is -1.64. The number of hydrogen-bond donors (Lipinski definition) is 3. The highest BCUT2D eigenvalue weighted by Gasteiger charge is 2.25. The molecule has 6 heteroatoms. The molecule has 1 aromatic rings. The Morgan fingerprint density at radius 1 is 1.24 bits per heavy atom. The second kappa shape index (κ2) is 4.32. The van der Waals surface area contributed by atoms with Crippen molar-refractivity contribution in [2.24, 2.45) is 0 Å². The second-order valence-corrected chi connectivity index (χ2v) is 3.81. The molecule has 90 valence electrons. The van der Waals surface area contributed by atoms with Gasteiger partial charge < -0.3 is 20.4 Å². The smallest absolute Gasteiger partial charge is 0.312 e. The van der Waals surface area contributed by atoms with Crippen LogP contribution in [0.3, 0.4) is 0 Å². The van der Waals surface area contributed by atoms with Crippen LogP contribution in [0.25, 0.3) is 0 Å². The maximum absolute atomic E-state index is 11.5. The highest BCUT2D eigenvalue weighted by molar-refractivity contribution is 6.35. The van der Waals surface area contributed by atoms with Crippen LogP contribution in [-0.4, -0.2) is 40.0 Å². The number of nitrogens with zero attached hydrogens (tertiary/aromatic N) is 1. The fourth-order valence-corrected chi connectivity index (χ4v) is 1.66. The third-order valence-corrected chi connectivity index (χ3v) is 2.56. The van der Waals surface area contributed by atoms with Crippen molar-refractivity contribution in [1.82, 2.24) is 10.2 Å². The lowest BCUT2D eigenvalue weighted by Crippen LogP contribution is -2.51. The predicted molar refractivity (Wildman–Crippen MR) is 58.2 cm³/mol. The zero-order valence-electron chi connectivity index (χ0n) is 9.01. The van der Waals surface area contributed by atoms with Crippen molar-refractivity contribution < 1.29 is 19.8 Å². The molecule has 1 fully saturated rings. The van der Waals surface area contributed by atoms with Gasteiger partial charge in [0.2, 0.25) is 0 Å². The van der Waals surface area contributed by atoms with Crippen LogP contribution in [0.1, 0.15) is 5.56 Å². The van der Waals surface area contributed by atoms with E-state index in [2.05, 4.69) is 5.32 Å². The first-order valence-corrected chi connectivity index (χ1v) is 5.16. The van der Waals surface area contributed by atoms with Crippen LogP contribution in [0.15, 0.2) is 18.2 Å². The molecular formula is C11H12N2O4. The number of hydrogen-bond acceptors (Lipinski definition) is 4. The Balaban J connectivity index is 2.12. The van der Waals surface area contributed by atoms with Crippen LogP contribution >= 0.6 is 0 Å². The molecular weight excluding hydrogens is 224 g/mol. The van der Waals surface area contributed by atoms with Gasteiger partial charge in [-0.2, -0.15) is 0 Å². The Morgan fingerprint density at radius 2 is 2.00 bits per heavy atom. The fraction of sp³-hybridized carbons (Fsp3) is 0.273. The predicted octanol–water partition coefficient (Wildman–Crippen LogP) is -0.444. The summed E-state index contributed by atoms with van der Waals surface area (Å²) < 4.78 is 0. The summed E-state index contributed by atoms with van der Waals surface area (Å²) in [5.41, 5.74) is 0.656. The zero-order valence-corrected chi connectivity index (χ0v) is 9.01. The first-order chi connectivity index (χ1) is 8.08. The van der Waals surface area contributed by atoms with Crippen LogP contribution in [-0.2, 0) is 16.1 Å². The molecule has 0 unspecified atom stereocenters. The van der Waals surface area contributed by atoms with Gasteiger partial charge in [-0.1, -0.05) is 6.07 Å². The number of rotatable bonds is 2. The number of carbonyl (C=O) groups excluding carboxylic acids is 2. The van der Waals surface area contributed by atoms with Crippen LogP contribution in [0, 0.1) is 0 Å². The SMILES string of the molecule is O=C1NCCN(Cc2ccc(O)c(O)c2)C1=O. The molecule has 2 rings (SSSR count). The average Bonchev–Trinajstić information content (AvgIpc) is 2.30. The van der Waals surface area contributed by atoms with Gasteiger partial charge in [-0.05, 0) is 17.7 Å². The number of benzene rings is 1. The maximum Gasteiger partial charge on any atom is 0.312 e. The average molecular weight is 236 g/mol. The van der Waals surface area contributed by atoms with Crippen molar-refractivity contribution in [3.63, 3.8) is 0 Å². The van der Waals surface area contributed by atoms with Crippen molar-refractivity contribution in [2.45, 2.75) is 6.54 Å². The lowest BCUT2D eigenvalue weighted by molar-refractivity contribution is -0.148. The van der Waals surface area contributed by atoms with Gasteiger partial charge in [-0.3, -0.25) is 9.59 Å². The Hall–Kier alpha value is -2.24. The molecule has 0 aliphatic carbocycles. The van der Waals surface area contributed by atoms with E-state index in [4.69, 9.17) is 5.11 Å². The summed E-state index contributed by atoms with van der Waals surface area (Å²) in [6.45, 7) is 1.10. The number of nitrogens with one attached hydrogen (secondary N) is 1. The van der Waals surface area contributed by atoms with E-state index < -0.39 is 11.8 Å². The van der Waals surface area contributed by atoms with Gasteiger partial charge in [0, 0.05) is 19.6 Å². The van der Waals surface area contributed by atoms with Crippen LogP contribution in [0.4, 0.5) is 0 Å². The molecule has 0 bridgehead atoms. The summed E-state index contributed by atoms with van der Waals surface area (Å²) in [5, 5.41) is 20.9. The second-order valence-electron chi connectivity index (χ2n) is 3.81. The lowest BCUT2D eigenvalue weighted by Gasteiger charge is -2.26. The molecule has 0 spiro atoms. The molecule has 6 nitrogen and oxygen atoms in total. The van der Waals surface area contributed by atoms with Gasteiger partial charge in [0.1, 0.15) is 0 Å². The van der Waals surface area contributed by atoms with E-state index in [-0.39, 0.29) is 18.0 Å². The molecule has 1 aromatic carbocycles. The van der Waals surface area contributed by atoms with Crippen molar-refractivity contribution >= 4 is 11.8 Å². The van der Waals surface area contributed by atoms with Crippen molar-refractivity contribution in [2.75, 3.05) is 13.1 Å². The van der Waals surface area contributed by atoms with Gasteiger partial charge in [-0.15, -0.1) is 0 Å². The Kier molecular flexibility index (Phi) is 2.86. The van der Waals surface area contributed by atoms with Gasteiger partial charge in [0.15, 0.2) is 11.5 Å². The fourth-order valence-electron chi connectivity index (χ4n) is 1.66. The molecule has 0 aromatic heterocycles. The molecule has 0 saturated carbocycles. The number of phenols is 2. The van der Waals surface area contributed by atoms with E-state index >= 15 is 0 Å². The molecule has 1 heterocycles. The monoisotopic (exact) mass is 236 g/mol. The summed E-state index contributed by atoms with van der Waals surface area (Å²) in [6.07, 6.45) is 0. The third-order valence-electron chi connectivity index (χ3n) is 2.56. The van der Waals surface area contributed by atoms with Crippen molar-refractivity contribution in [3.8, 4) is 11.5 Å². The largest absolute Gasteiger partial charge is 0.504 e. The highest BCUT2D eigenvalue weighted by atomic mass is 16.3. The minimum absolute atomic E-state index is 0.212. The Labute approximate surface area is 97.5 Å². The first kappa shape index (κ1) is 11.3. The first-order valence-electron chi connectivity index (χ1n) is 5.16. The van der Waals surface area contributed by atoms with Gasteiger partial charge in [-0.25, -0.2) is 0 Å². The maximum atomic E-state index is 11.5. The van der Waals surface area contributed by atoms with E-state index in [0.29, 0.717) is 18.7 Å². The van der Waals surface area contributed by atoms with E-state index in [1.54, 1.807) is 6.07 Å². The van der Waals surface area contributed by atoms with Crippen LogP contribution < -0.4 is 5.32 Å². The molecule has 1 aliphatic rings. The van der Waals surface area contributed by atoms with Gasteiger partial charge in [0.25, 0.3) is 0 Å². The normalized spacial score (nSPS) is 15.9. The van der Waals surface area contributed by atoms with E-state index in [1.165, 1.54) is 17.0 Å². The van der Waals surface area contributed by atoms with Crippen molar-refractivity contribution in [1.29, 1.82) is 0 Å².